The number of halogens is 2. The van der Waals surface area contributed by atoms with E-state index in [2.05, 4.69) is 37.9 Å². The van der Waals surface area contributed by atoms with Crippen molar-refractivity contribution in [2.75, 3.05) is 0 Å². The van der Waals surface area contributed by atoms with Crippen molar-refractivity contribution < 1.29 is 22.1 Å². The number of phenolic OH excluding ortho intramolecular Hbond substituents is 1. The van der Waals surface area contributed by atoms with E-state index in [1.54, 1.807) is 6.21 Å². The maximum atomic E-state index is 10.6. The normalized spacial score (nSPS) is 11.0. The second-order valence-corrected chi connectivity index (χ2v) is 9.82. The molecule has 3 aromatic carbocycles. The Bertz CT molecular complexity index is 904. The van der Waals surface area contributed by atoms with Crippen molar-refractivity contribution in [2.24, 2.45) is 4.99 Å². The van der Waals surface area contributed by atoms with Crippen molar-refractivity contribution in [2.45, 2.75) is 26.2 Å². The van der Waals surface area contributed by atoms with Crippen molar-refractivity contribution in [3.05, 3.63) is 83.9 Å². The van der Waals surface area contributed by atoms with Crippen molar-refractivity contribution in [1.29, 1.82) is 0 Å². The molecule has 0 aliphatic heterocycles. The fourth-order valence-electron chi connectivity index (χ4n) is 2.71. The third-order valence-corrected chi connectivity index (χ3v) is 4.24. The van der Waals surface area contributed by atoms with Crippen molar-refractivity contribution >= 4 is 30.5 Å². The van der Waals surface area contributed by atoms with Gasteiger partial charge in [0, 0.05) is 17.3 Å². The summed E-state index contributed by atoms with van der Waals surface area (Å²) in [6, 6.07) is 23.8. The molecule has 0 heterocycles. The van der Waals surface area contributed by atoms with Crippen LogP contribution in [-0.4, -0.2) is 11.3 Å². The van der Waals surface area contributed by atoms with Crippen LogP contribution < -0.4 is 0 Å². The first kappa shape index (κ1) is 22.7. The molecule has 0 amide bonds. The number of benzene rings is 3. The molecule has 0 saturated carbocycles. The molecule has 144 valence electrons. The third kappa shape index (κ3) is 6.49. The van der Waals surface area contributed by atoms with Crippen LogP contribution in [0.5, 0.6) is 5.75 Å². The summed E-state index contributed by atoms with van der Waals surface area (Å²) in [6.07, 6.45) is 1.72. The van der Waals surface area contributed by atoms with E-state index < -0.39 is 17.0 Å². The zero-order valence-electron chi connectivity index (χ0n) is 16.2. The Balaban J connectivity index is 0.000000878. The summed E-state index contributed by atoms with van der Waals surface area (Å²) < 4.78 is 0. The van der Waals surface area contributed by atoms with Gasteiger partial charge in [0.05, 0.1) is 5.69 Å². The van der Waals surface area contributed by atoms with Gasteiger partial charge in [-0.3, -0.25) is 4.99 Å². The maximum absolute atomic E-state index is 10.6. The number of hydrogen-bond donors (Lipinski definition) is 1. The average molecular weight is 448 g/mol. The Hall–Kier alpha value is -1.58. The molecule has 1 N–H and O–H groups in total. The van der Waals surface area contributed by atoms with Crippen LogP contribution in [0.4, 0.5) is 5.69 Å². The third-order valence-electron chi connectivity index (χ3n) is 4.24. The molecular formula is C23H23Cl2NOTi. The first-order valence-electron chi connectivity index (χ1n) is 8.85. The van der Waals surface area contributed by atoms with Gasteiger partial charge in [0.25, 0.3) is 0 Å². The number of nitrogens with zero attached hydrogens (tertiary/aromatic N) is 1. The summed E-state index contributed by atoms with van der Waals surface area (Å²) >= 11 is -0.556. The predicted molar refractivity (Wildman–Crippen MR) is 118 cm³/mol. The van der Waals surface area contributed by atoms with Crippen molar-refractivity contribution in [3.63, 3.8) is 0 Å². The fourth-order valence-corrected chi connectivity index (χ4v) is 2.71. The summed E-state index contributed by atoms with van der Waals surface area (Å²) in [6.45, 7) is 6.58. The van der Waals surface area contributed by atoms with Gasteiger partial charge in [-0.2, -0.15) is 0 Å². The fraction of sp³-hybridized carbons (Fsp3) is 0.174. The number of hydrogen-bond acceptors (Lipinski definition) is 2. The van der Waals surface area contributed by atoms with Crippen molar-refractivity contribution in [1.82, 2.24) is 0 Å². The van der Waals surface area contributed by atoms with Crippen LogP contribution in [-0.2, 0) is 22.4 Å². The van der Waals surface area contributed by atoms with Gasteiger partial charge in [0.15, 0.2) is 0 Å². The Morgan fingerprint density at radius 3 is 2.04 bits per heavy atom. The quantitative estimate of drug-likeness (QED) is 0.327. The van der Waals surface area contributed by atoms with Crippen LogP contribution in [0.2, 0.25) is 0 Å². The number of aromatic hydroxyl groups is 1. The summed E-state index contributed by atoms with van der Waals surface area (Å²) in [5.74, 6) is 0.253. The van der Waals surface area contributed by atoms with Crippen LogP contribution >= 0.6 is 18.6 Å². The molecule has 0 radical (unpaired) electrons. The Kier molecular flexibility index (Phi) is 8.78. The summed E-state index contributed by atoms with van der Waals surface area (Å²) in [7, 11) is 9.78. The minimum atomic E-state index is -0.556. The van der Waals surface area contributed by atoms with E-state index in [1.807, 2.05) is 60.7 Å². The van der Waals surface area contributed by atoms with E-state index in [1.165, 1.54) is 5.56 Å². The zero-order chi connectivity index (χ0) is 20.6. The minimum absolute atomic E-state index is 0.129. The van der Waals surface area contributed by atoms with Gasteiger partial charge in [-0.05, 0) is 34.7 Å². The number of phenols is 1. The van der Waals surface area contributed by atoms with Crippen LogP contribution in [0.3, 0.4) is 0 Å². The molecule has 0 bridgehead atoms. The van der Waals surface area contributed by atoms with E-state index in [0.29, 0.717) is 5.56 Å². The van der Waals surface area contributed by atoms with E-state index in [9.17, 15) is 5.11 Å². The van der Waals surface area contributed by atoms with Gasteiger partial charge in [0.1, 0.15) is 5.75 Å². The van der Waals surface area contributed by atoms with E-state index >= 15 is 0 Å². The molecular weight excluding hydrogens is 425 g/mol. The molecule has 3 rings (SSSR count). The molecule has 5 heteroatoms. The standard InChI is InChI=1S/C23H23NO.2ClH.Ti/c1-23(2,3)19-12-14-20(15-13-19)24-16-18-10-7-11-21(22(18)25)17-8-5-4-6-9-17;;;/h4-16,25H,1-3H3;2*1H;/q;;;+2/p-2. The number of para-hydroxylation sites is 1. The molecule has 0 unspecified atom stereocenters. The van der Waals surface area contributed by atoms with Gasteiger partial charge < -0.3 is 5.11 Å². The van der Waals surface area contributed by atoms with Gasteiger partial charge in [-0.1, -0.05) is 75.4 Å². The molecule has 3 aromatic rings. The Labute approximate surface area is 183 Å². The predicted octanol–water partition coefficient (Wildman–Crippen LogP) is 7.48. The van der Waals surface area contributed by atoms with E-state index in [4.69, 9.17) is 18.6 Å². The molecule has 0 spiro atoms. The Morgan fingerprint density at radius 2 is 1.46 bits per heavy atom. The summed E-state index contributed by atoms with van der Waals surface area (Å²) in [5, 5.41) is 10.6. The van der Waals surface area contributed by atoms with Gasteiger partial charge in [0.2, 0.25) is 0 Å². The van der Waals surface area contributed by atoms with Crippen molar-refractivity contribution in [3.8, 4) is 16.9 Å². The van der Waals surface area contributed by atoms with Gasteiger partial charge in [-0.15, -0.1) is 0 Å². The summed E-state index contributed by atoms with van der Waals surface area (Å²) in [5.41, 5.74) is 4.79. The van der Waals surface area contributed by atoms with E-state index in [0.717, 1.165) is 16.8 Å². The molecule has 0 saturated heterocycles. The topological polar surface area (TPSA) is 32.6 Å². The van der Waals surface area contributed by atoms with Crippen LogP contribution in [0.25, 0.3) is 11.1 Å². The summed E-state index contributed by atoms with van der Waals surface area (Å²) in [4.78, 5) is 4.51. The van der Waals surface area contributed by atoms with Crippen LogP contribution in [0.15, 0.2) is 77.8 Å². The first-order valence-corrected chi connectivity index (χ1v) is 13.1. The first-order chi connectivity index (χ1) is 13.4. The van der Waals surface area contributed by atoms with Gasteiger partial charge in [-0.25, -0.2) is 0 Å². The average Bonchev–Trinajstić information content (AvgIpc) is 2.68. The second-order valence-electron chi connectivity index (χ2n) is 7.24. The molecule has 0 aliphatic carbocycles. The van der Waals surface area contributed by atoms with Gasteiger partial charge >= 0.3 is 35.6 Å². The molecule has 2 nitrogen and oxygen atoms in total. The second kappa shape index (κ2) is 10.8. The SMILES string of the molecule is CC(C)(C)c1ccc(N=Cc2cccc(-c3ccccc3)c2O)cc1.[Cl][Ti][Cl]. The molecule has 28 heavy (non-hydrogen) atoms. The number of rotatable bonds is 3. The van der Waals surface area contributed by atoms with E-state index in [-0.39, 0.29) is 11.2 Å². The zero-order valence-corrected chi connectivity index (χ0v) is 19.2. The molecule has 0 aromatic heterocycles. The molecule has 0 aliphatic rings. The number of aliphatic imine (C=N–C) groups is 1. The molecule has 0 fully saturated rings. The van der Waals surface area contributed by atoms with Crippen LogP contribution in [0, 0.1) is 0 Å². The van der Waals surface area contributed by atoms with Crippen LogP contribution in [0.1, 0.15) is 31.9 Å². The molecule has 0 atom stereocenters. The monoisotopic (exact) mass is 447 g/mol. The Morgan fingerprint density at radius 1 is 0.857 bits per heavy atom.